The fourth-order valence-electron chi connectivity index (χ4n) is 1.92. The van der Waals surface area contributed by atoms with Crippen LogP contribution in [-0.2, 0) is 0 Å². The minimum Gasteiger partial charge on any atom is -0.339 e. The van der Waals surface area contributed by atoms with Crippen molar-refractivity contribution in [2.45, 2.75) is 0 Å². The Balaban J connectivity index is 1.66. The summed E-state index contributed by atoms with van der Waals surface area (Å²) in [6.45, 7) is 0. The fraction of sp³-hybridized carbons (Fsp3) is 0. The monoisotopic (exact) mass is 324 g/mol. The van der Waals surface area contributed by atoms with Crippen LogP contribution in [0.1, 0.15) is 10.5 Å². The molecule has 2 N–H and O–H groups in total. The predicted molar refractivity (Wildman–Crippen MR) is 91.2 cm³/mol. The van der Waals surface area contributed by atoms with Gasteiger partial charge < -0.3 is 10.6 Å². The largest absolute Gasteiger partial charge is 0.339 e. The number of halogens is 1. The van der Waals surface area contributed by atoms with E-state index in [4.69, 9.17) is 11.6 Å². The molecule has 6 heteroatoms. The van der Waals surface area contributed by atoms with Gasteiger partial charge in [0.05, 0.1) is 0 Å². The third-order valence-electron chi connectivity index (χ3n) is 3.05. The SMILES string of the molecule is O=C(Nc1ccccc1)c1ccc(Nc2ccc(Cl)cc2)nn1. The lowest BCUT2D eigenvalue weighted by atomic mass is 10.3. The molecular weight excluding hydrogens is 312 g/mol. The summed E-state index contributed by atoms with van der Waals surface area (Å²) in [5.41, 5.74) is 1.79. The summed E-state index contributed by atoms with van der Waals surface area (Å²) < 4.78 is 0. The van der Waals surface area contributed by atoms with Crippen molar-refractivity contribution in [3.8, 4) is 0 Å². The molecule has 1 amide bonds. The van der Waals surface area contributed by atoms with E-state index in [0.717, 1.165) is 5.69 Å². The number of nitrogens with zero attached hydrogens (tertiary/aromatic N) is 2. The maximum absolute atomic E-state index is 12.1. The topological polar surface area (TPSA) is 66.9 Å². The Labute approximate surface area is 138 Å². The summed E-state index contributed by atoms with van der Waals surface area (Å²) in [4.78, 5) is 12.1. The summed E-state index contributed by atoms with van der Waals surface area (Å²) in [5.74, 6) is 0.241. The number of rotatable bonds is 4. The first-order valence-corrected chi connectivity index (χ1v) is 7.31. The third kappa shape index (κ3) is 4.05. The van der Waals surface area contributed by atoms with Crippen LogP contribution in [0, 0.1) is 0 Å². The van der Waals surface area contributed by atoms with E-state index in [1.54, 1.807) is 24.3 Å². The molecule has 0 unspecified atom stereocenters. The molecule has 3 aromatic rings. The molecule has 0 saturated carbocycles. The maximum atomic E-state index is 12.1. The molecule has 0 bridgehead atoms. The number of anilines is 3. The van der Waals surface area contributed by atoms with E-state index in [1.807, 2.05) is 42.5 Å². The highest BCUT2D eigenvalue weighted by molar-refractivity contribution is 6.30. The number of hydrogen-bond donors (Lipinski definition) is 2. The van der Waals surface area contributed by atoms with E-state index in [0.29, 0.717) is 16.5 Å². The molecule has 0 saturated heterocycles. The second-order valence-corrected chi connectivity index (χ2v) is 5.19. The van der Waals surface area contributed by atoms with Gasteiger partial charge in [-0.3, -0.25) is 4.79 Å². The Hall–Kier alpha value is -2.92. The number of benzene rings is 2. The number of nitrogens with one attached hydrogen (secondary N) is 2. The van der Waals surface area contributed by atoms with Crippen LogP contribution in [0.15, 0.2) is 66.7 Å². The Morgan fingerprint density at radius 2 is 1.57 bits per heavy atom. The van der Waals surface area contributed by atoms with Gasteiger partial charge in [0.15, 0.2) is 11.5 Å². The standard InChI is InChI=1S/C17H13ClN4O/c18-12-6-8-14(9-7-12)19-16-11-10-15(21-22-16)17(23)20-13-4-2-1-3-5-13/h1-11H,(H,19,22)(H,20,23). The Kier molecular flexibility index (Phi) is 4.49. The summed E-state index contributed by atoms with van der Waals surface area (Å²) in [6.07, 6.45) is 0. The van der Waals surface area contributed by atoms with Gasteiger partial charge in [-0.1, -0.05) is 29.8 Å². The van der Waals surface area contributed by atoms with Crippen LogP contribution < -0.4 is 10.6 Å². The first-order valence-electron chi connectivity index (χ1n) is 6.93. The second kappa shape index (κ2) is 6.89. The van der Waals surface area contributed by atoms with Gasteiger partial charge in [0.2, 0.25) is 0 Å². The van der Waals surface area contributed by atoms with Crippen molar-refractivity contribution in [3.05, 3.63) is 77.4 Å². The predicted octanol–water partition coefficient (Wildman–Crippen LogP) is 4.13. The molecule has 1 aromatic heterocycles. The second-order valence-electron chi connectivity index (χ2n) is 4.76. The fourth-order valence-corrected chi connectivity index (χ4v) is 2.04. The van der Waals surface area contributed by atoms with E-state index in [-0.39, 0.29) is 11.6 Å². The molecule has 0 aliphatic carbocycles. The van der Waals surface area contributed by atoms with Crippen LogP contribution in [0.25, 0.3) is 0 Å². The van der Waals surface area contributed by atoms with Crippen molar-refractivity contribution in [2.75, 3.05) is 10.6 Å². The van der Waals surface area contributed by atoms with Crippen molar-refractivity contribution in [3.63, 3.8) is 0 Å². The molecule has 3 rings (SSSR count). The zero-order valence-electron chi connectivity index (χ0n) is 12.0. The number of carbonyl (C=O) groups excluding carboxylic acids is 1. The van der Waals surface area contributed by atoms with Gasteiger partial charge in [-0.25, -0.2) is 0 Å². The molecule has 0 radical (unpaired) electrons. The number of aromatic nitrogens is 2. The van der Waals surface area contributed by atoms with Gasteiger partial charge in [-0.15, -0.1) is 10.2 Å². The number of hydrogen-bond acceptors (Lipinski definition) is 4. The summed E-state index contributed by atoms with van der Waals surface area (Å²) in [5, 5.41) is 14.4. The molecule has 23 heavy (non-hydrogen) atoms. The Morgan fingerprint density at radius 3 is 2.22 bits per heavy atom. The van der Waals surface area contributed by atoms with Crippen molar-refractivity contribution in [1.29, 1.82) is 0 Å². The van der Waals surface area contributed by atoms with E-state index in [1.165, 1.54) is 0 Å². The lowest BCUT2D eigenvalue weighted by Gasteiger charge is -2.06. The van der Waals surface area contributed by atoms with Crippen molar-refractivity contribution >= 4 is 34.7 Å². The van der Waals surface area contributed by atoms with Crippen LogP contribution in [0.5, 0.6) is 0 Å². The van der Waals surface area contributed by atoms with Crippen LogP contribution >= 0.6 is 11.6 Å². The molecule has 1 heterocycles. The Bertz CT molecular complexity index is 789. The van der Waals surface area contributed by atoms with Crippen LogP contribution in [0.2, 0.25) is 5.02 Å². The highest BCUT2D eigenvalue weighted by atomic mass is 35.5. The zero-order chi connectivity index (χ0) is 16.1. The number of para-hydroxylation sites is 1. The summed E-state index contributed by atoms with van der Waals surface area (Å²) in [7, 11) is 0. The molecule has 0 fully saturated rings. The smallest absolute Gasteiger partial charge is 0.276 e. The van der Waals surface area contributed by atoms with E-state index >= 15 is 0 Å². The first-order chi connectivity index (χ1) is 11.2. The van der Waals surface area contributed by atoms with Gasteiger partial charge in [-0.2, -0.15) is 0 Å². The molecule has 114 valence electrons. The molecule has 0 spiro atoms. The quantitative estimate of drug-likeness (QED) is 0.757. The van der Waals surface area contributed by atoms with Gasteiger partial charge in [0.1, 0.15) is 0 Å². The number of amides is 1. The van der Waals surface area contributed by atoms with Gasteiger partial charge in [0, 0.05) is 16.4 Å². The molecular formula is C17H13ClN4O. The summed E-state index contributed by atoms with van der Waals surface area (Å²) in [6, 6.07) is 19.7. The lowest BCUT2D eigenvalue weighted by molar-refractivity contribution is 0.102. The van der Waals surface area contributed by atoms with Crippen LogP contribution in [0.3, 0.4) is 0 Å². The highest BCUT2D eigenvalue weighted by Crippen LogP contribution is 2.17. The van der Waals surface area contributed by atoms with E-state index < -0.39 is 0 Å². The summed E-state index contributed by atoms with van der Waals surface area (Å²) >= 11 is 5.84. The van der Waals surface area contributed by atoms with Gasteiger partial charge in [-0.05, 0) is 48.5 Å². The van der Waals surface area contributed by atoms with E-state index in [9.17, 15) is 4.79 Å². The third-order valence-corrected chi connectivity index (χ3v) is 3.30. The molecule has 0 aliphatic heterocycles. The molecule has 2 aromatic carbocycles. The highest BCUT2D eigenvalue weighted by Gasteiger charge is 2.08. The van der Waals surface area contributed by atoms with E-state index in [2.05, 4.69) is 20.8 Å². The number of carbonyl (C=O) groups is 1. The van der Waals surface area contributed by atoms with Crippen molar-refractivity contribution < 1.29 is 4.79 Å². The minimum atomic E-state index is -0.304. The first kappa shape index (κ1) is 15.0. The van der Waals surface area contributed by atoms with Gasteiger partial charge in [0.25, 0.3) is 5.91 Å². The molecule has 0 aliphatic rings. The van der Waals surface area contributed by atoms with Crippen molar-refractivity contribution in [1.82, 2.24) is 10.2 Å². The lowest BCUT2D eigenvalue weighted by Crippen LogP contribution is -2.14. The van der Waals surface area contributed by atoms with Gasteiger partial charge >= 0.3 is 0 Å². The zero-order valence-corrected chi connectivity index (χ0v) is 12.8. The van der Waals surface area contributed by atoms with Crippen LogP contribution in [-0.4, -0.2) is 16.1 Å². The normalized spacial score (nSPS) is 10.1. The average molecular weight is 325 g/mol. The average Bonchev–Trinajstić information content (AvgIpc) is 2.58. The molecule has 0 atom stereocenters. The van der Waals surface area contributed by atoms with Crippen molar-refractivity contribution in [2.24, 2.45) is 0 Å². The molecule has 5 nitrogen and oxygen atoms in total. The van der Waals surface area contributed by atoms with Crippen LogP contribution in [0.4, 0.5) is 17.2 Å². The maximum Gasteiger partial charge on any atom is 0.276 e. The minimum absolute atomic E-state index is 0.246. The Morgan fingerprint density at radius 1 is 0.826 bits per heavy atom.